The Morgan fingerprint density at radius 1 is 1.17 bits per heavy atom. The molecule has 7 heteroatoms. The molecule has 0 bridgehead atoms. The largest absolute Gasteiger partial charge is 0.497 e. The van der Waals surface area contributed by atoms with Gasteiger partial charge in [0.25, 0.3) is 0 Å². The summed E-state index contributed by atoms with van der Waals surface area (Å²) in [6.45, 7) is 7.13. The zero-order valence-corrected chi connectivity index (χ0v) is 23.0. The van der Waals surface area contributed by atoms with E-state index in [0.717, 1.165) is 62.9 Å². The smallest absolute Gasteiger partial charge is 0.142 e. The standard InChI is InChI=1S/C29H42N2O4S/c1-21(36-4)16-24-18-26(23-7-9-25(33-3)10-8-23)29(19-30-24)35-20-22-6-11-28-27(17-22)31(13-15-34-28)12-5-14-32-2/h6-11,17,21,24,26,29-30H,5,12-16,18-20H2,1-4H3/t21?,24?,26?,29-/m0/s1. The minimum Gasteiger partial charge on any atom is -0.497 e. The summed E-state index contributed by atoms with van der Waals surface area (Å²) in [5, 5.41) is 4.42. The van der Waals surface area contributed by atoms with Crippen LogP contribution in [0.3, 0.4) is 0 Å². The van der Waals surface area contributed by atoms with Crippen molar-refractivity contribution in [3.63, 3.8) is 0 Å². The molecule has 1 fully saturated rings. The fourth-order valence-corrected chi connectivity index (χ4v) is 5.69. The van der Waals surface area contributed by atoms with E-state index in [0.29, 0.717) is 23.8 Å². The molecular weight excluding hydrogens is 472 g/mol. The Balaban J connectivity index is 1.45. The molecule has 2 heterocycles. The highest BCUT2D eigenvalue weighted by atomic mass is 32.2. The van der Waals surface area contributed by atoms with Crippen LogP contribution in [0.15, 0.2) is 42.5 Å². The molecule has 2 aliphatic heterocycles. The lowest BCUT2D eigenvalue weighted by Crippen LogP contribution is -2.47. The predicted molar refractivity (Wildman–Crippen MR) is 149 cm³/mol. The first-order valence-corrected chi connectivity index (χ1v) is 14.4. The summed E-state index contributed by atoms with van der Waals surface area (Å²) >= 11 is 1.94. The van der Waals surface area contributed by atoms with Crippen LogP contribution in [0.1, 0.15) is 43.2 Å². The lowest BCUT2D eigenvalue weighted by Gasteiger charge is -2.38. The van der Waals surface area contributed by atoms with Gasteiger partial charge in [-0.25, -0.2) is 0 Å². The third kappa shape index (κ3) is 7.09. The summed E-state index contributed by atoms with van der Waals surface area (Å²) < 4.78 is 23.2. The highest BCUT2D eigenvalue weighted by Crippen LogP contribution is 2.35. The molecule has 2 aromatic carbocycles. The summed E-state index contributed by atoms with van der Waals surface area (Å²) in [5.41, 5.74) is 3.67. The van der Waals surface area contributed by atoms with Crippen molar-refractivity contribution < 1.29 is 18.9 Å². The molecule has 0 aliphatic carbocycles. The van der Waals surface area contributed by atoms with Crippen LogP contribution in [0.5, 0.6) is 11.5 Å². The van der Waals surface area contributed by atoms with Crippen LogP contribution in [0.25, 0.3) is 0 Å². The fourth-order valence-electron chi connectivity index (χ4n) is 5.26. The van der Waals surface area contributed by atoms with E-state index in [1.54, 1.807) is 14.2 Å². The van der Waals surface area contributed by atoms with Gasteiger partial charge in [0.15, 0.2) is 0 Å². The number of rotatable bonds is 12. The second-order valence-electron chi connectivity index (χ2n) is 9.84. The van der Waals surface area contributed by atoms with Gasteiger partial charge in [0.1, 0.15) is 18.1 Å². The van der Waals surface area contributed by atoms with Gasteiger partial charge in [0.2, 0.25) is 0 Å². The lowest BCUT2D eigenvalue weighted by molar-refractivity contribution is 0.00232. The minimum absolute atomic E-state index is 0.115. The van der Waals surface area contributed by atoms with Gasteiger partial charge in [-0.15, -0.1) is 0 Å². The van der Waals surface area contributed by atoms with Crippen molar-refractivity contribution in [3.8, 4) is 11.5 Å². The summed E-state index contributed by atoms with van der Waals surface area (Å²) in [5.74, 6) is 2.20. The van der Waals surface area contributed by atoms with E-state index in [2.05, 4.69) is 65.9 Å². The van der Waals surface area contributed by atoms with Crippen LogP contribution >= 0.6 is 11.8 Å². The zero-order valence-electron chi connectivity index (χ0n) is 22.2. The molecule has 0 saturated carbocycles. The Kier molecular flexibility index (Phi) is 10.2. The number of thioether (sulfide) groups is 1. The van der Waals surface area contributed by atoms with E-state index < -0.39 is 0 Å². The molecule has 4 rings (SSSR count). The average Bonchev–Trinajstić information content (AvgIpc) is 2.92. The number of piperidine rings is 1. The molecular formula is C29H42N2O4S. The number of hydrogen-bond donors (Lipinski definition) is 1. The second-order valence-corrected chi connectivity index (χ2v) is 11.1. The van der Waals surface area contributed by atoms with Crippen LogP contribution in [-0.2, 0) is 16.1 Å². The Morgan fingerprint density at radius 2 is 2.00 bits per heavy atom. The number of fused-ring (bicyclic) bond motifs is 1. The van der Waals surface area contributed by atoms with Gasteiger partial charge in [-0.3, -0.25) is 0 Å². The van der Waals surface area contributed by atoms with E-state index in [9.17, 15) is 0 Å². The van der Waals surface area contributed by atoms with Crippen molar-refractivity contribution in [2.75, 3.05) is 58.2 Å². The van der Waals surface area contributed by atoms with Crippen molar-refractivity contribution in [1.29, 1.82) is 0 Å². The summed E-state index contributed by atoms with van der Waals surface area (Å²) in [6.07, 6.45) is 5.56. The molecule has 198 valence electrons. The maximum absolute atomic E-state index is 6.62. The van der Waals surface area contributed by atoms with Gasteiger partial charge in [-0.05, 0) is 60.9 Å². The molecule has 1 N–H and O–H groups in total. The molecule has 0 spiro atoms. The third-order valence-electron chi connectivity index (χ3n) is 7.38. The molecule has 0 radical (unpaired) electrons. The molecule has 6 nitrogen and oxygen atoms in total. The van der Waals surface area contributed by atoms with Crippen molar-refractivity contribution in [1.82, 2.24) is 5.32 Å². The SMILES string of the molecule is COCCCN1CCOc2ccc(CO[C@H]3CNC(CC(C)SC)CC3c3ccc(OC)cc3)cc21. The van der Waals surface area contributed by atoms with Crippen LogP contribution in [0, 0.1) is 0 Å². The van der Waals surface area contributed by atoms with Crippen LogP contribution in [0.4, 0.5) is 5.69 Å². The van der Waals surface area contributed by atoms with Gasteiger partial charge < -0.3 is 29.2 Å². The van der Waals surface area contributed by atoms with Crippen molar-refractivity contribution in [2.24, 2.45) is 0 Å². The molecule has 0 aromatic heterocycles. The number of benzene rings is 2. The van der Waals surface area contributed by atoms with Crippen LogP contribution in [0.2, 0.25) is 0 Å². The molecule has 36 heavy (non-hydrogen) atoms. The molecule has 0 amide bonds. The van der Waals surface area contributed by atoms with Crippen molar-refractivity contribution in [2.45, 2.75) is 56.1 Å². The maximum Gasteiger partial charge on any atom is 0.142 e. The number of methoxy groups -OCH3 is 2. The second kappa shape index (κ2) is 13.6. The molecule has 1 saturated heterocycles. The summed E-state index contributed by atoms with van der Waals surface area (Å²) in [4.78, 5) is 2.40. The van der Waals surface area contributed by atoms with Crippen molar-refractivity contribution >= 4 is 17.4 Å². The number of nitrogens with zero attached hydrogens (tertiary/aromatic N) is 1. The number of hydrogen-bond acceptors (Lipinski definition) is 7. The topological polar surface area (TPSA) is 52.2 Å². The van der Waals surface area contributed by atoms with Crippen LogP contribution < -0.4 is 19.7 Å². The quantitative estimate of drug-likeness (QED) is 0.395. The Morgan fingerprint density at radius 3 is 2.75 bits per heavy atom. The van der Waals surface area contributed by atoms with E-state index >= 15 is 0 Å². The first kappa shape index (κ1) is 27.1. The highest BCUT2D eigenvalue weighted by Gasteiger charge is 2.33. The molecule has 2 aliphatic rings. The normalized spacial score (nSPS) is 22.6. The van der Waals surface area contributed by atoms with Gasteiger partial charge in [-0.1, -0.05) is 25.1 Å². The van der Waals surface area contributed by atoms with Crippen LogP contribution in [-0.4, -0.2) is 70.7 Å². The van der Waals surface area contributed by atoms with E-state index in [1.165, 1.54) is 17.5 Å². The monoisotopic (exact) mass is 514 g/mol. The Labute approximate surface area is 221 Å². The van der Waals surface area contributed by atoms with Gasteiger partial charge in [-0.2, -0.15) is 11.8 Å². The summed E-state index contributed by atoms with van der Waals surface area (Å²) in [7, 11) is 3.47. The van der Waals surface area contributed by atoms with E-state index in [4.69, 9.17) is 18.9 Å². The lowest BCUT2D eigenvalue weighted by atomic mass is 9.83. The van der Waals surface area contributed by atoms with Gasteiger partial charge in [0, 0.05) is 44.0 Å². The fraction of sp³-hybridized carbons (Fsp3) is 0.586. The predicted octanol–water partition coefficient (Wildman–Crippen LogP) is 5.10. The molecule has 2 aromatic rings. The molecule has 4 atom stereocenters. The number of ether oxygens (including phenoxy) is 4. The van der Waals surface area contributed by atoms with E-state index in [1.807, 2.05) is 11.8 Å². The maximum atomic E-state index is 6.62. The number of anilines is 1. The number of nitrogens with one attached hydrogen (secondary N) is 1. The first-order chi connectivity index (χ1) is 17.6. The van der Waals surface area contributed by atoms with Gasteiger partial charge >= 0.3 is 0 Å². The zero-order chi connectivity index (χ0) is 25.3. The minimum atomic E-state index is 0.115. The third-order valence-corrected chi connectivity index (χ3v) is 8.38. The first-order valence-electron chi connectivity index (χ1n) is 13.1. The van der Waals surface area contributed by atoms with Gasteiger partial charge in [0.05, 0.1) is 32.1 Å². The highest BCUT2D eigenvalue weighted by molar-refractivity contribution is 7.99. The molecule has 3 unspecified atom stereocenters. The van der Waals surface area contributed by atoms with Crippen molar-refractivity contribution in [3.05, 3.63) is 53.6 Å². The Bertz CT molecular complexity index is 941. The van der Waals surface area contributed by atoms with E-state index in [-0.39, 0.29) is 6.10 Å². The average molecular weight is 515 g/mol. The Hall–Kier alpha value is -1.93. The summed E-state index contributed by atoms with van der Waals surface area (Å²) in [6, 6.07) is 15.5.